The number of rotatable bonds is 4. The molecule has 3 N–H and O–H groups in total. The van der Waals surface area contributed by atoms with E-state index in [0.717, 1.165) is 16.9 Å². The molecule has 0 atom stereocenters. The van der Waals surface area contributed by atoms with Crippen LogP contribution in [0.5, 0.6) is 5.75 Å². The van der Waals surface area contributed by atoms with Crippen molar-refractivity contribution in [2.24, 2.45) is 5.10 Å². The van der Waals surface area contributed by atoms with Crippen molar-refractivity contribution in [1.82, 2.24) is 4.98 Å². The third kappa shape index (κ3) is 3.05. The predicted molar refractivity (Wildman–Crippen MR) is 68.4 cm³/mol. The molecule has 1 aromatic heterocycles. The van der Waals surface area contributed by atoms with E-state index in [9.17, 15) is 4.79 Å². The summed E-state index contributed by atoms with van der Waals surface area (Å²) >= 11 is 1.16. The molecule has 0 bridgehead atoms. The van der Waals surface area contributed by atoms with Gasteiger partial charge in [-0.25, -0.2) is 9.78 Å². The van der Waals surface area contributed by atoms with Gasteiger partial charge < -0.3 is 10.2 Å². The standard InChI is InChI=1S/C11H9N3O3S/c15-8-3-1-7(2-4-8)5-12-14-11-13-9(6-18-11)10(16)17/h1-6,15H,(H,13,14)(H,16,17)/b12-5-. The van der Waals surface area contributed by atoms with Crippen LogP contribution in [0.15, 0.2) is 34.7 Å². The van der Waals surface area contributed by atoms with E-state index in [1.165, 1.54) is 5.38 Å². The van der Waals surface area contributed by atoms with Crippen molar-refractivity contribution in [2.75, 3.05) is 5.43 Å². The third-order valence-corrected chi connectivity index (χ3v) is 2.74. The van der Waals surface area contributed by atoms with Gasteiger partial charge in [0.25, 0.3) is 0 Å². The lowest BCUT2D eigenvalue weighted by Crippen LogP contribution is -1.97. The van der Waals surface area contributed by atoms with Crippen molar-refractivity contribution in [2.45, 2.75) is 0 Å². The van der Waals surface area contributed by atoms with Crippen LogP contribution in [-0.4, -0.2) is 27.4 Å². The molecule has 0 saturated carbocycles. The lowest BCUT2D eigenvalue weighted by atomic mass is 10.2. The molecule has 92 valence electrons. The first-order chi connectivity index (χ1) is 8.65. The second-order valence-corrected chi connectivity index (χ2v) is 4.16. The summed E-state index contributed by atoms with van der Waals surface area (Å²) in [5.41, 5.74) is 3.42. The molecule has 7 heteroatoms. The summed E-state index contributed by atoms with van der Waals surface area (Å²) in [4.78, 5) is 14.4. The van der Waals surface area contributed by atoms with E-state index in [-0.39, 0.29) is 11.4 Å². The fraction of sp³-hybridized carbons (Fsp3) is 0. The summed E-state index contributed by atoms with van der Waals surface area (Å²) in [5.74, 6) is -0.882. The number of thiazole rings is 1. The fourth-order valence-corrected chi connectivity index (χ4v) is 1.78. The van der Waals surface area contributed by atoms with Crippen molar-refractivity contribution in [3.63, 3.8) is 0 Å². The van der Waals surface area contributed by atoms with Gasteiger partial charge in [0.15, 0.2) is 5.69 Å². The Morgan fingerprint density at radius 1 is 1.39 bits per heavy atom. The number of nitrogens with one attached hydrogen (secondary N) is 1. The quantitative estimate of drug-likeness (QED) is 0.579. The molecule has 2 rings (SSSR count). The molecule has 1 heterocycles. The first-order valence-electron chi connectivity index (χ1n) is 4.92. The number of carboxylic acids is 1. The zero-order valence-corrected chi connectivity index (χ0v) is 9.89. The van der Waals surface area contributed by atoms with Crippen molar-refractivity contribution in [3.05, 3.63) is 40.9 Å². The summed E-state index contributed by atoms with van der Waals surface area (Å²) in [5, 5.41) is 23.5. The van der Waals surface area contributed by atoms with Gasteiger partial charge >= 0.3 is 5.97 Å². The zero-order valence-electron chi connectivity index (χ0n) is 9.07. The summed E-state index contributed by atoms with van der Waals surface area (Å²) in [6.45, 7) is 0. The minimum absolute atomic E-state index is 0.0117. The van der Waals surface area contributed by atoms with E-state index in [0.29, 0.717) is 5.13 Å². The molecule has 0 saturated heterocycles. The van der Waals surface area contributed by atoms with Crippen LogP contribution in [0.2, 0.25) is 0 Å². The number of hydrazone groups is 1. The number of aromatic hydroxyl groups is 1. The second kappa shape index (κ2) is 5.28. The molecular weight excluding hydrogens is 254 g/mol. The van der Waals surface area contributed by atoms with E-state index < -0.39 is 5.97 Å². The number of benzene rings is 1. The van der Waals surface area contributed by atoms with Gasteiger partial charge in [-0.1, -0.05) is 0 Å². The molecule has 0 fully saturated rings. The summed E-state index contributed by atoms with van der Waals surface area (Å²) in [6, 6.07) is 6.50. The van der Waals surface area contributed by atoms with Gasteiger partial charge in [0.2, 0.25) is 5.13 Å². The van der Waals surface area contributed by atoms with Gasteiger partial charge in [-0.15, -0.1) is 11.3 Å². The molecule has 0 radical (unpaired) electrons. The predicted octanol–water partition coefficient (Wildman–Crippen LogP) is 1.99. The Balaban J connectivity index is 1.98. The molecule has 0 aliphatic heterocycles. The number of carboxylic acid groups (broad SMARTS) is 1. The van der Waals surface area contributed by atoms with Crippen molar-refractivity contribution < 1.29 is 15.0 Å². The molecule has 0 aliphatic carbocycles. The number of hydrogen-bond acceptors (Lipinski definition) is 6. The zero-order chi connectivity index (χ0) is 13.0. The SMILES string of the molecule is O=C(O)c1csc(N/N=C\c2ccc(O)cc2)n1. The molecule has 6 nitrogen and oxygen atoms in total. The van der Waals surface area contributed by atoms with Crippen LogP contribution >= 0.6 is 11.3 Å². The highest BCUT2D eigenvalue weighted by molar-refractivity contribution is 7.13. The molecular formula is C11H9N3O3S. The van der Waals surface area contributed by atoms with Crippen LogP contribution in [0.3, 0.4) is 0 Å². The van der Waals surface area contributed by atoms with Crippen LogP contribution in [0.1, 0.15) is 16.1 Å². The minimum atomic E-state index is -1.07. The van der Waals surface area contributed by atoms with Crippen LogP contribution in [-0.2, 0) is 0 Å². The number of anilines is 1. The maximum atomic E-state index is 10.6. The first kappa shape index (κ1) is 12.1. The molecule has 0 aliphatic rings. The minimum Gasteiger partial charge on any atom is -0.508 e. The van der Waals surface area contributed by atoms with Crippen molar-refractivity contribution in [1.29, 1.82) is 0 Å². The largest absolute Gasteiger partial charge is 0.508 e. The molecule has 1 aromatic carbocycles. The number of phenols is 1. The highest BCUT2D eigenvalue weighted by Gasteiger charge is 2.07. The van der Waals surface area contributed by atoms with Crippen LogP contribution in [0.25, 0.3) is 0 Å². The summed E-state index contributed by atoms with van der Waals surface area (Å²) in [7, 11) is 0. The molecule has 18 heavy (non-hydrogen) atoms. The van der Waals surface area contributed by atoms with Crippen molar-refractivity contribution in [3.8, 4) is 5.75 Å². The lowest BCUT2D eigenvalue weighted by molar-refractivity contribution is 0.0691. The summed E-state index contributed by atoms with van der Waals surface area (Å²) < 4.78 is 0. The van der Waals surface area contributed by atoms with Crippen LogP contribution in [0.4, 0.5) is 5.13 Å². The Morgan fingerprint density at radius 2 is 2.11 bits per heavy atom. The van der Waals surface area contributed by atoms with E-state index >= 15 is 0 Å². The van der Waals surface area contributed by atoms with Gasteiger partial charge in [0.05, 0.1) is 6.21 Å². The van der Waals surface area contributed by atoms with E-state index in [1.807, 2.05) is 0 Å². The van der Waals surface area contributed by atoms with E-state index in [2.05, 4.69) is 15.5 Å². The topological polar surface area (TPSA) is 94.8 Å². The van der Waals surface area contributed by atoms with Gasteiger partial charge in [0, 0.05) is 5.38 Å². The molecule has 0 unspecified atom stereocenters. The van der Waals surface area contributed by atoms with Gasteiger partial charge in [-0.3, -0.25) is 5.43 Å². The fourth-order valence-electron chi connectivity index (χ4n) is 1.15. The molecule has 0 amide bonds. The van der Waals surface area contributed by atoms with Gasteiger partial charge in [-0.2, -0.15) is 5.10 Å². The number of phenolic OH excluding ortho intramolecular Hbond substituents is 1. The molecule has 0 spiro atoms. The average Bonchev–Trinajstić information content (AvgIpc) is 2.81. The van der Waals surface area contributed by atoms with Crippen molar-refractivity contribution >= 4 is 28.7 Å². The lowest BCUT2D eigenvalue weighted by Gasteiger charge is -1.94. The van der Waals surface area contributed by atoms with Crippen LogP contribution < -0.4 is 5.43 Å². The maximum Gasteiger partial charge on any atom is 0.355 e. The maximum absolute atomic E-state index is 10.6. The Labute approximate surface area is 106 Å². The van der Waals surface area contributed by atoms with Crippen LogP contribution in [0, 0.1) is 0 Å². The number of nitrogens with zero attached hydrogens (tertiary/aromatic N) is 2. The normalized spacial score (nSPS) is 10.7. The first-order valence-corrected chi connectivity index (χ1v) is 5.80. The Hall–Kier alpha value is -2.41. The van der Waals surface area contributed by atoms with E-state index in [1.54, 1.807) is 30.5 Å². The number of hydrogen-bond donors (Lipinski definition) is 3. The number of aromatic carboxylic acids is 1. The Kier molecular flexibility index (Phi) is 3.54. The number of aromatic nitrogens is 1. The van der Waals surface area contributed by atoms with E-state index in [4.69, 9.17) is 10.2 Å². The Morgan fingerprint density at radius 3 is 2.72 bits per heavy atom. The number of carbonyl (C=O) groups is 1. The third-order valence-electron chi connectivity index (χ3n) is 1.99. The molecule has 2 aromatic rings. The second-order valence-electron chi connectivity index (χ2n) is 3.30. The van der Waals surface area contributed by atoms with Gasteiger partial charge in [0.1, 0.15) is 5.75 Å². The monoisotopic (exact) mass is 263 g/mol. The average molecular weight is 263 g/mol. The Bertz CT molecular complexity index is 577. The summed E-state index contributed by atoms with van der Waals surface area (Å²) in [6.07, 6.45) is 1.54. The highest BCUT2D eigenvalue weighted by atomic mass is 32.1. The smallest absolute Gasteiger partial charge is 0.355 e. The highest BCUT2D eigenvalue weighted by Crippen LogP contribution is 2.15. The van der Waals surface area contributed by atoms with Gasteiger partial charge in [-0.05, 0) is 29.8 Å².